The highest BCUT2D eigenvalue weighted by Gasteiger charge is 2.61. The molecular weight excluding hydrogens is 653 g/mol. The molecule has 0 radical (unpaired) electrons. The Balaban J connectivity index is 0.967. The third kappa shape index (κ3) is 3.61. The van der Waals surface area contributed by atoms with Gasteiger partial charge in [-0.2, -0.15) is 0 Å². The van der Waals surface area contributed by atoms with Gasteiger partial charge in [0.15, 0.2) is 0 Å². The zero-order chi connectivity index (χ0) is 35.2. The minimum absolute atomic E-state index is 0.171. The first-order valence-corrected chi connectivity index (χ1v) is 20.2. The summed E-state index contributed by atoms with van der Waals surface area (Å²) in [5, 5.41) is 0. The summed E-state index contributed by atoms with van der Waals surface area (Å²) in [6.07, 6.45) is 7.10. The van der Waals surface area contributed by atoms with E-state index in [0.29, 0.717) is 0 Å². The smallest absolute Gasteiger partial charge is 0.132 e. The fourth-order valence-corrected chi connectivity index (χ4v) is 13.2. The maximum Gasteiger partial charge on any atom is 0.132 e. The van der Waals surface area contributed by atoms with E-state index >= 15 is 0 Å². The molecule has 0 atom stereocenters. The minimum Gasteiger partial charge on any atom is -0.457 e. The van der Waals surface area contributed by atoms with Gasteiger partial charge in [0.1, 0.15) is 11.5 Å². The van der Waals surface area contributed by atoms with Crippen molar-refractivity contribution in [2.24, 2.45) is 23.7 Å². The van der Waals surface area contributed by atoms with Crippen molar-refractivity contribution in [3.63, 3.8) is 0 Å². The number of ether oxygens (including phenoxy) is 1. The molecule has 14 rings (SSSR count). The molecule has 0 aromatic heterocycles. The molecule has 7 aromatic rings. The summed E-state index contributed by atoms with van der Waals surface area (Å²) in [6.45, 7) is 0. The van der Waals surface area contributed by atoms with Gasteiger partial charge < -0.3 is 4.74 Å². The SMILES string of the molecule is c1cc(-c2ccc3c(c2)C2(c4ccccc4O3)c3ccccc3-c3ccccc32)cc(-c2ccc3c(c2)C2(c4ccccc4-3)C3CC4CC(C3)CC2C4)c1. The predicted molar refractivity (Wildman–Crippen MR) is 218 cm³/mol. The van der Waals surface area contributed by atoms with Gasteiger partial charge in [-0.1, -0.05) is 127 Å². The summed E-state index contributed by atoms with van der Waals surface area (Å²) in [5.41, 5.74) is 18.7. The normalized spacial score (nSPS) is 25.0. The van der Waals surface area contributed by atoms with Crippen molar-refractivity contribution >= 4 is 0 Å². The molecule has 0 amide bonds. The highest BCUT2D eigenvalue weighted by Crippen LogP contribution is 2.69. The summed E-state index contributed by atoms with van der Waals surface area (Å²) >= 11 is 0. The molecule has 0 saturated heterocycles. The molecular formula is C53H40O. The van der Waals surface area contributed by atoms with Gasteiger partial charge in [0.2, 0.25) is 0 Å². The van der Waals surface area contributed by atoms with Crippen molar-refractivity contribution in [3.8, 4) is 56.0 Å². The lowest BCUT2D eigenvalue weighted by molar-refractivity contribution is -0.0399. The molecule has 1 aliphatic heterocycles. The average molecular weight is 693 g/mol. The van der Waals surface area contributed by atoms with Crippen molar-refractivity contribution in [2.45, 2.75) is 42.9 Å². The number of benzene rings is 7. The molecule has 7 aromatic carbocycles. The average Bonchev–Trinajstić information content (AvgIpc) is 3.68. The lowest BCUT2D eigenvalue weighted by Crippen LogP contribution is -2.55. The Bertz CT molecular complexity index is 2660. The van der Waals surface area contributed by atoms with E-state index in [1.807, 2.05) is 0 Å². The van der Waals surface area contributed by atoms with Crippen LogP contribution in [-0.2, 0) is 10.8 Å². The van der Waals surface area contributed by atoms with Crippen LogP contribution in [0.25, 0.3) is 44.5 Å². The molecule has 1 heteroatoms. The Hall–Kier alpha value is -5.66. The van der Waals surface area contributed by atoms with Crippen LogP contribution in [0, 0.1) is 23.7 Å². The van der Waals surface area contributed by atoms with Crippen LogP contribution in [0.15, 0.2) is 158 Å². The van der Waals surface area contributed by atoms with Crippen LogP contribution in [0.2, 0.25) is 0 Å². The topological polar surface area (TPSA) is 9.23 Å². The second-order valence-electron chi connectivity index (χ2n) is 17.2. The van der Waals surface area contributed by atoms with Crippen molar-refractivity contribution in [1.29, 1.82) is 0 Å². The number of hydrogen-bond donors (Lipinski definition) is 0. The Morgan fingerprint density at radius 2 is 0.833 bits per heavy atom. The first-order valence-electron chi connectivity index (χ1n) is 20.2. The van der Waals surface area contributed by atoms with Gasteiger partial charge in [0.25, 0.3) is 0 Å². The predicted octanol–water partition coefficient (Wildman–Crippen LogP) is 13.2. The third-order valence-corrected chi connectivity index (χ3v) is 14.9. The van der Waals surface area contributed by atoms with Crippen LogP contribution < -0.4 is 4.74 Å². The standard InChI is InChI=1S/C53H40O/c1-4-15-44-42(14-1)43-22-20-36(30-48(43)52(44)38-25-32-24-33(27-38)28-39(52)26-32)34-10-9-11-35(29-34)37-21-23-51-49(31-37)53(47-18-7-8-19-50(47)54-51)45-16-5-2-12-40(45)41-13-3-6-17-46(41)53/h1-23,29-33,38-39H,24-28H2. The van der Waals surface area contributed by atoms with Crippen LogP contribution in [0.3, 0.4) is 0 Å². The fourth-order valence-electron chi connectivity index (χ4n) is 13.2. The van der Waals surface area contributed by atoms with Crippen molar-refractivity contribution in [3.05, 3.63) is 191 Å². The molecule has 6 aliphatic carbocycles. The molecule has 1 nitrogen and oxygen atoms in total. The molecule has 4 saturated carbocycles. The van der Waals surface area contributed by atoms with E-state index in [4.69, 9.17) is 4.74 Å². The number of para-hydroxylation sites is 1. The molecule has 2 spiro atoms. The van der Waals surface area contributed by atoms with Gasteiger partial charge in [-0.25, -0.2) is 0 Å². The molecule has 0 N–H and O–H groups in total. The van der Waals surface area contributed by atoms with Gasteiger partial charge in [-0.15, -0.1) is 0 Å². The summed E-state index contributed by atoms with van der Waals surface area (Å²) in [5.74, 6) is 5.27. The molecule has 0 unspecified atom stereocenters. The quantitative estimate of drug-likeness (QED) is 0.175. The van der Waals surface area contributed by atoms with Crippen LogP contribution >= 0.6 is 0 Å². The van der Waals surface area contributed by atoms with Gasteiger partial charge in [0, 0.05) is 16.5 Å². The Labute approximate surface area is 317 Å². The lowest BCUT2D eigenvalue weighted by atomic mass is 9.43. The van der Waals surface area contributed by atoms with E-state index < -0.39 is 5.41 Å². The number of rotatable bonds is 2. The first-order chi connectivity index (χ1) is 26.7. The lowest BCUT2D eigenvalue weighted by Gasteiger charge is -2.61. The molecule has 54 heavy (non-hydrogen) atoms. The first kappa shape index (κ1) is 29.8. The third-order valence-electron chi connectivity index (χ3n) is 14.9. The summed E-state index contributed by atoms with van der Waals surface area (Å²) < 4.78 is 6.74. The maximum atomic E-state index is 6.74. The van der Waals surface area contributed by atoms with E-state index in [2.05, 4.69) is 158 Å². The molecule has 7 aliphatic rings. The number of hydrogen-bond acceptors (Lipinski definition) is 1. The molecule has 4 bridgehead atoms. The maximum absolute atomic E-state index is 6.74. The summed E-state index contributed by atoms with van der Waals surface area (Å²) in [6, 6.07) is 59.7. The summed E-state index contributed by atoms with van der Waals surface area (Å²) in [4.78, 5) is 0. The monoisotopic (exact) mass is 692 g/mol. The van der Waals surface area contributed by atoms with Crippen molar-refractivity contribution < 1.29 is 4.74 Å². The molecule has 258 valence electrons. The van der Waals surface area contributed by atoms with Gasteiger partial charge in [-0.05, 0) is 153 Å². The highest BCUT2D eigenvalue weighted by atomic mass is 16.5. The Kier molecular flexibility index (Phi) is 5.79. The second-order valence-corrected chi connectivity index (χ2v) is 17.2. The minimum atomic E-state index is -0.465. The Morgan fingerprint density at radius 3 is 1.50 bits per heavy atom. The highest BCUT2D eigenvalue weighted by molar-refractivity contribution is 5.90. The van der Waals surface area contributed by atoms with Gasteiger partial charge in [0.05, 0.1) is 5.41 Å². The number of fused-ring (bicyclic) bond motifs is 12. The van der Waals surface area contributed by atoms with E-state index in [0.717, 1.165) is 35.2 Å². The molecule has 4 fully saturated rings. The van der Waals surface area contributed by atoms with Gasteiger partial charge in [-0.3, -0.25) is 0 Å². The van der Waals surface area contributed by atoms with Gasteiger partial charge >= 0.3 is 0 Å². The second kappa shape index (κ2) is 10.5. The van der Waals surface area contributed by atoms with E-state index in [-0.39, 0.29) is 5.41 Å². The van der Waals surface area contributed by atoms with E-state index in [1.165, 1.54) is 98.9 Å². The zero-order valence-electron chi connectivity index (χ0n) is 30.3. The van der Waals surface area contributed by atoms with Crippen LogP contribution in [0.4, 0.5) is 0 Å². The summed E-state index contributed by atoms with van der Waals surface area (Å²) in [7, 11) is 0. The van der Waals surface area contributed by atoms with Crippen molar-refractivity contribution in [1.82, 2.24) is 0 Å². The van der Waals surface area contributed by atoms with Crippen molar-refractivity contribution in [2.75, 3.05) is 0 Å². The fraction of sp³-hybridized carbons (Fsp3) is 0.208. The zero-order valence-corrected chi connectivity index (χ0v) is 30.3. The van der Waals surface area contributed by atoms with E-state index in [9.17, 15) is 0 Å². The van der Waals surface area contributed by atoms with Crippen LogP contribution in [0.1, 0.15) is 65.5 Å². The largest absolute Gasteiger partial charge is 0.457 e. The van der Waals surface area contributed by atoms with Crippen LogP contribution in [-0.4, -0.2) is 0 Å². The van der Waals surface area contributed by atoms with Crippen LogP contribution in [0.5, 0.6) is 11.5 Å². The van der Waals surface area contributed by atoms with E-state index in [1.54, 1.807) is 11.1 Å². The Morgan fingerprint density at radius 1 is 0.352 bits per heavy atom. The molecule has 1 heterocycles.